The van der Waals surface area contributed by atoms with E-state index in [1.54, 1.807) is 18.2 Å². The normalized spacial score (nSPS) is 10.5. The number of anilines is 1. The molecule has 0 atom stereocenters. The molecular formula is C17H16ClN3O6. The van der Waals surface area contributed by atoms with Gasteiger partial charge in [0.05, 0.1) is 25.4 Å². The minimum absolute atomic E-state index is 0.0197. The zero-order chi connectivity index (χ0) is 19.8. The fourth-order valence-electron chi connectivity index (χ4n) is 2.05. The molecule has 0 saturated heterocycles. The van der Waals surface area contributed by atoms with Gasteiger partial charge in [-0.3, -0.25) is 14.9 Å². The molecule has 0 aliphatic carbocycles. The van der Waals surface area contributed by atoms with E-state index < -0.39 is 10.8 Å². The van der Waals surface area contributed by atoms with Crippen molar-refractivity contribution in [2.45, 2.75) is 0 Å². The van der Waals surface area contributed by atoms with Crippen LogP contribution in [-0.2, 0) is 9.63 Å². The number of nitrogens with zero attached hydrogens (tertiary/aromatic N) is 2. The van der Waals surface area contributed by atoms with Gasteiger partial charge in [-0.1, -0.05) is 16.8 Å². The van der Waals surface area contributed by atoms with Crippen LogP contribution in [0.4, 0.5) is 11.4 Å². The van der Waals surface area contributed by atoms with Crippen molar-refractivity contribution in [2.75, 3.05) is 26.1 Å². The number of nitro benzene ring substituents is 1. The highest BCUT2D eigenvalue weighted by Crippen LogP contribution is 2.28. The Bertz CT molecular complexity index is 872. The second-order valence-electron chi connectivity index (χ2n) is 5.09. The van der Waals surface area contributed by atoms with Gasteiger partial charge in [-0.05, 0) is 30.3 Å². The Morgan fingerprint density at radius 2 is 1.96 bits per heavy atom. The summed E-state index contributed by atoms with van der Waals surface area (Å²) in [6.45, 7) is -0.375. The predicted octanol–water partition coefficient (Wildman–Crippen LogP) is 3.25. The van der Waals surface area contributed by atoms with Crippen LogP contribution < -0.4 is 14.8 Å². The largest absolute Gasteiger partial charge is 0.493 e. The third kappa shape index (κ3) is 5.58. The Hall–Kier alpha value is -3.33. The molecule has 0 unspecified atom stereocenters. The Balaban J connectivity index is 1.90. The second-order valence-corrected chi connectivity index (χ2v) is 5.50. The van der Waals surface area contributed by atoms with Crippen LogP contribution in [0.15, 0.2) is 41.6 Å². The summed E-state index contributed by atoms with van der Waals surface area (Å²) in [5.74, 6) is 0.576. The molecule has 142 valence electrons. The minimum Gasteiger partial charge on any atom is -0.493 e. The van der Waals surface area contributed by atoms with E-state index in [1.165, 1.54) is 32.6 Å². The number of amides is 1. The number of nitrogens with one attached hydrogen (secondary N) is 1. The summed E-state index contributed by atoms with van der Waals surface area (Å²) in [7, 11) is 3.04. The number of methoxy groups -OCH3 is 2. The molecule has 0 aromatic heterocycles. The molecule has 2 rings (SSSR count). The molecule has 0 aliphatic heterocycles. The maximum absolute atomic E-state index is 11.8. The van der Waals surface area contributed by atoms with Crippen molar-refractivity contribution in [1.29, 1.82) is 0 Å². The van der Waals surface area contributed by atoms with Gasteiger partial charge in [0.2, 0.25) is 0 Å². The molecule has 2 aromatic carbocycles. The SMILES string of the molecule is COc1ccc(/C=N\OCC(=O)Nc2ccc(Cl)c([N+](=O)[O-])c2)cc1OC. The van der Waals surface area contributed by atoms with E-state index >= 15 is 0 Å². The Labute approximate surface area is 159 Å². The number of carbonyl (C=O) groups excluding carboxylic acids is 1. The van der Waals surface area contributed by atoms with E-state index in [0.717, 1.165) is 6.07 Å². The number of hydrogen-bond acceptors (Lipinski definition) is 7. The highest BCUT2D eigenvalue weighted by molar-refractivity contribution is 6.32. The number of ether oxygens (including phenoxy) is 2. The van der Waals surface area contributed by atoms with E-state index in [1.807, 2.05) is 0 Å². The molecule has 0 heterocycles. The lowest BCUT2D eigenvalue weighted by atomic mass is 10.2. The average Bonchev–Trinajstić information content (AvgIpc) is 2.66. The fraction of sp³-hybridized carbons (Fsp3) is 0.176. The quantitative estimate of drug-likeness (QED) is 0.418. The average molecular weight is 394 g/mol. The van der Waals surface area contributed by atoms with Crippen LogP contribution in [-0.4, -0.2) is 37.9 Å². The number of carbonyl (C=O) groups is 1. The summed E-state index contributed by atoms with van der Waals surface area (Å²) in [6, 6.07) is 9.07. The number of rotatable bonds is 8. The first-order valence-corrected chi connectivity index (χ1v) is 7.93. The summed E-state index contributed by atoms with van der Waals surface area (Å²) >= 11 is 5.71. The number of oxime groups is 1. The molecular weight excluding hydrogens is 378 g/mol. The van der Waals surface area contributed by atoms with Gasteiger partial charge in [-0.25, -0.2) is 0 Å². The van der Waals surface area contributed by atoms with Crippen LogP contribution >= 0.6 is 11.6 Å². The maximum Gasteiger partial charge on any atom is 0.289 e. The predicted molar refractivity (Wildman–Crippen MR) is 99.8 cm³/mol. The lowest BCUT2D eigenvalue weighted by Gasteiger charge is -2.07. The van der Waals surface area contributed by atoms with Gasteiger partial charge < -0.3 is 19.6 Å². The van der Waals surface area contributed by atoms with Crippen molar-refractivity contribution in [3.8, 4) is 11.5 Å². The summed E-state index contributed by atoms with van der Waals surface area (Å²) in [4.78, 5) is 27.0. The monoisotopic (exact) mass is 393 g/mol. The number of halogens is 1. The summed E-state index contributed by atoms with van der Waals surface area (Å²) in [5.41, 5.74) is 0.604. The van der Waals surface area contributed by atoms with E-state index in [2.05, 4.69) is 10.5 Å². The molecule has 1 N–H and O–H groups in total. The van der Waals surface area contributed by atoms with Crippen LogP contribution in [0.3, 0.4) is 0 Å². The number of benzene rings is 2. The highest BCUT2D eigenvalue weighted by atomic mass is 35.5. The van der Waals surface area contributed by atoms with Gasteiger partial charge in [-0.2, -0.15) is 0 Å². The standard InChI is InChI=1S/C17H16ClN3O6/c1-25-15-6-3-11(7-16(15)26-2)9-19-27-10-17(22)20-12-4-5-13(18)14(8-12)21(23)24/h3-9H,10H2,1-2H3,(H,20,22)/b19-9-. The van der Waals surface area contributed by atoms with E-state index in [4.69, 9.17) is 25.9 Å². The third-order valence-corrected chi connectivity index (χ3v) is 3.63. The van der Waals surface area contributed by atoms with Crippen molar-refractivity contribution in [1.82, 2.24) is 0 Å². The Morgan fingerprint density at radius 3 is 2.63 bits per heavy atom. The summed E-state index contributed by atoms with van der Waals surface area (Å²) in [5, 5.41) is 17.0. The molecule has 1 amide bonds. The molecule has 0 saturated carbocycles. The van der Waals surface area contributed by atoms with Crippen molar-refractivity contribution in [2.24, 2.45) is 5.16 Å². The number of nitro groups is 1. The molecule has 0 spiro atoms. The molecule has 0 radical (unpaired) electrons. The van der Waals surface area contributed by atoms with Crippen LogP contribution in [0.25, 0.3) is 0 Å². The molecule has 10 heteroatoms. The van der Waals surface area contributed by atoms with Crippen LogP contribution in [0.5, 0.6) is 11.5 Å². The first-order chi connectivity index (χ1) is 12.9. The van der Waals surface area contributed by atoms with E-state index in [9.17, 15) is 14.9 Å². The molecule has 0 aliphatic rings. The van der Waals surface area contributed by atoms with Gasteiger partial charge in [0, 0.05) is 17.3 Å². The van der Waals surface area contributed by atoms with Crippen LogP contribution in [0.2, 0.25) is 5.02 Å². The first kappa shape index (κ1) is 20.0. The van der Waals surface area contributed by atoms with E-state index in [-0.39, 0.29) is 23.0 Å². The highest BCUT2D eigenvalue weighted by Gasteiger charge is 2.14. The Kier molecular flexibility index (Phi) is 6.95. The molecule has 2 aromatic rings. The molecule has 0 fully saturated rings. The zero-order valence-electron chi connectivity index (χ0n) is 14.5. The lowest BCUT2D eigenvalue weighted by Crippen LogP contribution is -2.17. The zero-order valence-corrected chi connectivity index (χ0v) is 15.2. The van der Waals surface area contributed by atoms with Crippen LogP contribution in [0.1, 0.15) is 5.56 Å². The van der Waals surface area contributed by atoms with E-state index in [0.29, 0.717) is 17.1 Å². The molecule has 27 heavy (non-hydrogen) atoms. The third-order valence-electron chi connectivity index (χ3n) is 3.31. The summed E-state index contributed by atoms with van der Waals surface area (Å²) < 4.78 is 10.3. The smallest absolute Gasteiger partial charge is 0.289 e. The summed E-state index contributed by atoms with van der Waals surface area (Å²) in [6.07, 6.45) is 1.41. The van der Waals surface area contributed by atoms with Gasteiger partial charge in [0.15, 0.2) is 18.1 Å². The lowest BCUT2D eigenvalue weighted by molar-refractivity contribution is -0.384. The Morgan fingerprint density at radius 1 is 1.22 bits per heavy atom. The van der Waals surface area contributed by atoms with Gasteiger partial charge in [0.1, 0.15) is 5.02 Å². The topological polar surface area (TPSA) is 112 Å². The fourth-order valence-corrected chi connectivity index (χ4v) is 2.24. The first-order valence-electron chi connectivity index (χ1n) is 7.55. The van der Waals surface area contributed by atoms with Gasteiger partial charge in [-0.15, -0.1) is 0 Å². The molecule has 9 nitrogen and oxygen atoms in total. The van der Waals surface area contributed by atoms with Crippen molar-refractivity contribution in [3.05, 3.63) is 57.1 Å². The van der Waals surface area contributed by atoms with Crippen molar-refractivity contribution in [3.63, 3.8) is 0 Å². The van der Waals surface area contributed by atoms with Crippen LogP contribution in [0, 0.1) is 10.1 Å². The number of hydrogen-bond donors (Lipinski definition) is 1. The van der Waals surface area contributed by atoms with Crippen molar-refractivity contribution >= 4 is 35.1 Å². The van der Waals surface area contributed by atoms with Gasteiger partial charge >= 0.3 is 0 Å². The van der Waals surface area contributed by atoms with Crippen molar-refractivity contribution < 1.29 is 24.0 Å². The molecule has 0 bridgehead atoms. The maximum atomic E-state index is 11.8. The van der Waals surface area contributed by atoms with Gasteiger partial charge in [0.25, 0.3) is 11.6 Å². The minimum atomic E-state index is -0.637. The second kappa shape index (κ2) is 9.39.